The van der Waals surface area contributed by atoms with Gasteiger partial charge in [0.2, 0.25) is 0 Å². The fourth-order valence-corrected chi connectivity index (χ4v) is 1.14. The van der Waals surface area contributed by atoms with Gasteiger partial charge in [0.05, 0.1) is 31.5 Å². The number of hydrogen-bond acceptors (Lipinski definition) is 4. The number of hydrogen-bond donors (Lipinski definition) is 1. The topological polar surface area (TPSA) is 39.7 Å². The molecule has 1 atom stereocenters. The van der Waals surface area contributed by atoms with E-state index in [0.29, 0.717) is 19.8 Å². The summed E-state index contributed by atoms with van der Waals surface area (Å²) in [6.45, 7) is 8.73. The van der Waals surface area contributed by atoms with E-state index < -0.39 is 0 Å². The first-order valence-electron chi connectivity index (χ1n) is 5.38. The van der Waals surface area contributed by atoms with Crippen LogP contribution in [0, 0.1) is 0 Å². The van der Waals surface area contributed by atoms with E-state index in [4.69, 9.17) is 14.2 Å². The van der Waals surface area contributed by atoms with Gasteiger partial charge in [-0.15, -0.1) is 0 Å². The molecule has 0 aromatic heterocycles. The second kappa shape index (κ2) is 8.05. The minimum absolute atomic E-state index is 0.0941. The molecule has 0 aliphatic rings. The van der Waals surface area contributed by atoms with Crippen molar-refractivity contribution in [3.8, 4) is 0 Å². The highest BCUT2D eigenvalue weighted by molar-refractivity contribution is 4.60. The summed E-state index contributed by atoms with van der Waals surface area (Å²) in [5, 5.41) is 3.06. The van der Waals surface area contributed by atoms with Crippen LogP contribution in [0.4, 0.5) is 0 Å². The largest absolute Gasteiger partial charge is 0.382 e. The van der Waals surface area contributed by atoms with Crippen LogP contribution in [0.3, 0.4) is 0 Å². The van der Waals surface area contributed by atoms with E-state index >= 15 is 0 Å². The van der Waals surface area contributed by atoms with E-state index in [9.17, 15) is 0 Å². The van der Waals surface area contributed by atoms with Crippen molar-refractivity contribution in [2.75, 3.05) is 40.5 Å². The number of likely N-dealkylation sites (N-methyl/N-ethyl adjacent to an activating group) is 1. The Balaban J connectivity index is 3.52. The van der Waals surface area contributed by atoms with Gasteiger partial charge in [-0.05, 0) is 27.8 Å². The molecule has 0 fully saturated rings. The monoisotopic (exact) mass is 219 g/mol. The van der Waals surface area contributed by atoms with E-state index in [1.54, 1.807) is 7.11 Å². The maximum atomic E-state index is 5.61. The maximum Gasteiger partial charge on any atom is 0.0933 e. The van der Waals surface area contributed by atoms with Gasteiger partial charge in [-0.1, -0.05) is 0 Å². The van der Waals surface area contributed by atoms with Crippen molar-refractivity contribution in [1.29, 1.82) is 0 Å². The fourth-order valence-electron chi connectivity index (χ4n) is 1.14. The molecule has 0 rings (SSSR count). The van der Waals surface area contributed by atoms with E-state index in [0.717, 1.165) is 6.54 Å². The lowest BCUT2D eigenvalue weighted by Gasteiger charge is -2.21. The molecule has 0 amide bonds. The van der Waals surface area contributed by atoms with Gasteiger partial charge >= 0.3 is 0 Å². The molecule has 0 aromatic rings. The Bertz CT molecular complexity index is 139. The number of rotatable bonds is 8. The predicted octanol–water partition coefficient (Wildman–Crippen LogP) is 1.05. The summed E-state index contributed by atoms with van der Waals surface area (Å²) < 4.78 is 16.2. The SMILES string of the molecule is CNCC(COC)OCCOC(C)(C)C. The second-order valence-electron chi connectivity index (χ2n) is 4.47. The van der Waals surface area contributed by atoms with Gasteiger partial charge in [0.25, 0.3) is 0 Å². The van der Waals surface area contributed by atoms with E-state index in [1.165, 1.54) is 0 Å². The number of nitrogens with one attached hydrogen (secondary N) is 1. The van der Waals surface area contributed by atoms with Gasteiger partial charge in [-0.25, -0.2) is 0 Å². The molecule has 92 valence electrons. The molecule has 0 saturated carbocycles. The molecule has 1 unspecified atom stereocenters. The van der Waals surface area contributed by atoms with Crippen LogP contribution >= 0.6 is 0 Å². The molecule has 0 spiro atoms. The van der Waals surface area contributed by atoms with Crippen molar-refractivity contribution in [1.82, 2.24) is 5.32 Å². The molecule has 15 heavy (non-hydrogen) atoms. The highest BCUT2D eigenvalue weighted by Crippen LogP contribution is 2.05. The Hall–Kier alpha value is -0.160. The quantitative estimate of drug-likeness (QED) is 0.620. The Kier molecular flexibility index (Phi) is 7.96. The molecule has 0 aliphatic heterocycles. The summed E-state index contributed by atoms with van der Waals surface area (Å²) in [4.78, 5) is 0. The fraction of sp³-hybridized carbons (Fsp3) is 1.00. The highest BCUT2D eigenvalue weighted by Gasteiger charge is 2.11. The molecular weight excluding hydrogens is 194 g/mol. The van der Waals surface area contributed by atoms with Crippen LogP contribution < -0.4 is 5.32 Å². The first kappa shape index (κ1) is 14.8. The van der Waals surface area contributed by atoms with E-state index in [1.807, 2.05) is 27.8 Å². The third kappa shape index (κ3) is 10.1. The summed E-state index contributed by atoms with van der Waals surface area (Å²) in [5.41, 5.74) is -0.0941. The van der Waals surface area contributed by atoms with Crippen molar-refractivity contribution in [3.63, 3.8) is 0 Å². The molecule has 0 radical (unpaired) electrons. The van der Waals surface area contributed by atoms with Crippen LogP contribution in [-0.4, -0.2) is 52.2 Å². The zero-order valence-electron chi connectivity index (χ0n) is 10.6. The van der Waals surface area contributed by atoms with Gasteiger partial charge < -0.3 is 19.5 Å². The van der Waals surface area contributed by atoms with E-state index in [-0.39, 0.29) is 11.7 Å². The van der Waals surface area contributed by atoms with Crippen LogP contribution in [0.2, 0.25) is 0 Å². The smallest absolute Gasteiger partial charge is 0.0933 e. The first-order chi connectivity index (χ1) is 6.99. The first-order valence-corrected chi connectivity index (χ1v) is 5.38. The Morgan fingerprint density at radius 1 is 1.20 bits per heavy atom. The van der Waals surface area contributed by atoms with Crippen molar-refractivity contribution in [3.05, 3.63) is 0 Å². The van der Waals surface area contributed by atoms with Crippen molar-refractivity contribution in [2.45, 2.75) is 32.5 Å². The van der Waals surface area contributed by atoms with Gasteiger partial charge in [0.1, 0.15) is 0 Å². The summed E-state index contributed by atoms with van der Waals surface area (Å²) in [6, 6.07) is 0. The summed E-state index contributed by atoms with van der Waals surface area (Å²) >= 11 is 0. The number of methoxy groups -OCH3 is 1. The summed E-state index contributed by atoms with van der Waals surface area (Å²) in [6.07, 6.45) is 0.101. The molecule has 1 N–H and O–H groups in total. The second-order valence-corrected chi connectivity index (χ2v) is 4.47. The van der Waals surface area contributed by atoms with Crippen molar-refractivity contribution >= 4 is 0 Å². The third-order valence-corrected chi connectivity index (χ3v) is 1.76. The minimum atomic E-state index is -0.0941. The van der Waals surface area contributed by atoms with Gasteiger partial charge in [0.15, 0.2) is 0 Å². The Labute approximate surface area is 93.3 Å². The molecular formula is C11H25NO3. The Morgan fingerprint density at radius 2 is 1.87 bits per heavy atom. The molecule has 0 saturated heterocycles. The summed E-state index contributed by atoms with van der Waals surface area (Å²) in [7, 11) is 3.58. The molecule has 4 nitrogen and oxygen atoms in total. The zero-order chi connectivity index (χ0) is 11.7. The van der Waals surface area contributed by atoms with Gasteiger partial charge in [-0.3, -0.25) is 0 Å². The van der Waals surface area contributed by atoms with E-state index in [2.05, 4.69) is 5.32 Å². The zero-order valence-corrected chi connectivity index (χ0v) is 10.6. The van der Waals surface area contributed by atoms with Crippen molar-refractivity contribution < 1.29 is 14.2 Å². The molecule has 0 bridgehead atoms. The predicted molar refractivity (Wildman–Crippen MR) is 61.2 cm³/mol. The average Bonchev–Trinajstić information content (AvgIpc) is 2.11. The van der Waals surface area contributed by atoms with Gasteiger partial charge in [0, 0.05) is 13.7 Å². The normalized spacial score (nSPS) is 14.2. The lowest BCUT2D eigenvalue weighted by molar-refractivity contribution is -0.0636. The minimum Gasteiger partial charge on any atom is -0.382 e. The van der Waals surface area contributed by atoms with Crippen LogP contribution in [0.25, 0.3) is 0 Å². The summed E-state index contributed by atoms with van der Waals surface area (Å²) in [5.74, 6) is 0. The lowest BCUT2D eigenvalue weighted by Crippen LogP contribution is -2.32. The lowest BCUT2D eigenvalue weighted by atomic mass is 10.2. The van der Waals surface area contributed by atoms with Crippen molar-refractivity contribution in [2.24, 2.45) is 0 Å². The molecule has 4 heteroatoms. The standard InChI is InChI=1S/C11H25NO3/c1-11(2,3)15-7-6-14-10(8-12-4)9-13-5/h10,12H,6-9H2,1-5H3. The van der Waals surface area contributed by atoms with Crippen LogP contribution in [0.1, 0.15) is 20.8 Å². The molecule has 0 aliphatic carbocycles. The van der Waals surface area contributed by atoms with Crippen LogP contribution in [-0.2, 0) is 14.2 Å². The molecule has 0 heterocycles. The average molecular weight is 219 g/mol. The Morgan fingerprint density at radius 3 is 2.33 bits per heavy atom. The van der Waals surface area contributed by atoms with Crippen LogP contribution in [0.15, 0.2) is 0 Å². The van der Waals surface area contributed by atoms with Gasteiger partial charge in [-0.2, -0.15) is 0 Å². The highest BCUT2D eigenvalue weighted by atomic mass is 16.6. The molecule has 0 aromatic carbocycles. The number of ether oxygens (including phenoxy) is 3. The third-order valence-electron chi connectivity index (χ3n) is 1.76. The van der Waals surface area contributed by atoms with Crippen LogP contribution in [0.5, 0.6) is 0 Å². The maximum absolute atomic E-state index is 5.61.